The zero-order valence-corrected chi connectivity index (χ0v) is 18.6. The second-order valence-corrected chi connectivity index (χ2v) is 8.72. The summed E-state index contributed by atoms with van der Waals surface area (Å²) in [5.74, 6) is -0.794. The summed E-state index contributed by atoms with van der Waals surface area (Å²) in [6, 6.07) is 9.82. The molecule has 1 aromatic heterocycles. The van der Waals surface area contributed by atoms with Crippen molar-refractivity contribution in [1.29, 1.82) is 0 Å². The summed E-state index contributed by atoms with van der Waals surface area (Å²) in [4.78, 5) is 45.6. The first-order valence-corrected chi connectivity index (χ1v) is 11.1. The maximum Gasteiger partial charge on any atom is 0.327 e. The number of hydrogen-bond acceptors (Lipinski definition) is 5. The molecule has 9 heteroatoms. The largest absolute Gasteiger partial charge is 0.384 e. The maximum atomic E-state index is 13.3. The second-order valence-electron chi connectivity index (χ2n) is 8.29. The molecule has 0 bridgehead atoms. The Bertz CT molecular complexity index is 1030. The summed E-state index contributed by atoms with van der Waals surface area (Å²) in [5.41, 5.74) is 7.65. The van der Waals surface area contributed by atoms with Gasteiger partial charge in [0, 0.05) is 37.3 Å². The third-order valence-corrected chi connectivity index (χ3v) is 6.52. The number of benzene rings is 1. The van der Waals surface area contributed by atoms with Crippen LogP contribution in [0.3, 0.4) is 0 Å². The maximum absolute atomic E-state index is 13.3. The highest BCUT2D eigenvalue weighted by molar-refractivity contribution is 6.30. The van der Waals surface area contributed by atoms with E-state index >= 15 is 0 Å². The minimum Gasteiger partial charge on any atom is -0.384 e. The van der Waals surface area contributed by atoms with E-state index in [0.29, 0.717) is 30.4 Å². The van der Waals surface area contributed by atoms with Gasteiger partial charge in [-0.1, -0.05) is 23.7 Å². The summed E-state index contributed by atoms with van der Waals surface area (Å²) < 4.78 is 0. The van der Waals surface area contributed by atoms with Crippen LogP contribution < -0.4 is 11.1 Å². The van der Waals surface area contributed by atoms with Crippen molar-refractivity contribution in [2.24, 2.45) is 5.92 Å². The topological polar surface area (TPSA) is 109 Å². The molecule has 4 rings (SSSR count). The van der Waals surface area contributed by atoms with Gasteiger partial charge in [-0.3, -0.25) is 14.5 Å². The van der Waals surface area contributed by atoms with E-state index in [0.717, 1.165) is 28.9 Å². The molecule has 3 N–H and O–H groups in total. The first kappa shape index (κ1) is 22.1. The van der Waals surface area contributed by atoms with Crippen LogP contribution >= 0.6 is 11.6 Å². The van der Waals surface area contributed by atoms with Gasteiger partial charge < -0.3 is 16.0 Å². The highest BCUT2D eigenvalue weighted by Crippen LogP contribution is 2.34. The number of likely N-dealkylation sites (N-methyl/N-ethyl adjacent to an activating group) is 1. The number of rotatable bonds is 4. The molecule has 0 saturated carbocycles. The van der Waals surface area contributed by atoms with E-state index in [-0.39, 0.29) is 17.7 Å². The summed E-state index contributed by atoms with van der Waals surface area (Å²) in [7, 11) is 1.51. The predicted molar refractivity (Wildman–Crippen MR) is 121 cm³/mol. The number of amides is 4. The Morgan fingerprint density at radius 2 is 2.00 bits per heavy atom. The Balaban J connectivity index is 1.49. The minimum atomic E-state index is -0.842. The van der Waals surface area contributed by atoms with E-state index in [1.165, 1.54) is 7.05 Å². The summed E-state index contributed by atoms with van der Waals surface area (Å²) >= 11 is 6.00. The van der Waals surface area contributed by atoms with Crippen LogP contribution in [0.5, 0.6) is 0 Å². The lowest BCUT2D eigenvalue weighted by atomic mass is 9.82. The van der Waals surface area contributed by atoms with Crippen molar-refractivity contribution in [2.45, 2.75) is 31.2 Å². The molecular weight excluding hydrogens is 430 g/mol. The smallest absolute Gasteiger partial charge is 0.327 e. The zero-order valence-electron chi connectivity index (χ0n) is 17.8. The van der Waals surface area contributed by atoms with Gasteiger partial charge in [0.1, 0.15) is 11.9 Å². The highest BCUT2D eigenvalue weighted by atomic mass is 35.5. The third-order valence-electron chi connectivity index (χ3n) is 6.27. The Kier molecular flexibility index (Phi) is 6.32. The number of halogens is 1. The van der Waals surface area contributed by atoms with E-state index in [4.69, 9.17) is 17.3 Å². The quantitative estimate of drug-likeness (QED) is 0.688. The number of carbonyl (C=O) groups excluding carboxylic acids is 3. The van der Waals surface area contributed by atoms with Crippen molar-refractivity contribution in [3.05, 3.63) is 58.7 Å². The summed E-state index contributed by atoms with van der Waals surface area (Å²) in [6.07, 6.45) is 3.66. The number of imide groups is 1. The van der Waals surface area contributed by atoms with Gasteiger partial charge in [0.05, 0.1) is 5.92 Å². The standard InChI is InChI=1S/C23H26ClN5O3/c1-26-21(30)20-18(11-14-8-9-27-19(25)12-14)22(31)29(20)23(32)28-10-2-3-16(13-28)15-4-6-17(24)7-5-15/h4-9,12,16,18,20H,2-3,10-11,13H2,1H3,(H2,25,27)(H,26,30)/t16?,18-,20+/m1/s1. The minimum absolute atomic E-state index is 0.162. The lowest BCUT2D eigenvalue weighted by Gasteiger charge is -2.47. The molecule has 2 aromatic rings. The molecule has 2 saturated heterocycles. The fourth-order valence-corrected chi connectivity index (χ4v) is 4.72. The van der Waals surface area contributed by atoms with Crippen LogP contribution in [0.4, 0.5) is 10.6 Å². The summed E-state index contributed by atoms with van der Waals surface area (Å²) in [6.45, 7) is 1.05. The van der Waals surface area contributed by atoms with Gasteiger partial charge in [0.25, 0.3) is 0 Å². The van der Waals surface area contributed by atoms with Crippen LogP contribution in [-0.4, -0.2) is 58.8 Å². The summed E-state index contributed by atoms with van der Waals surface area (Å²) in [5, 5.41) is 3.26. The van der Waals surface area contributed by atoms with Gasteiger partial charge in [0.15, 0.2) is 0 Å². The number of nitrogen functional groups attached to an aromatic ring is 1. The molecule has 0 aliphatic carbocycles. The number of anilines is 1. The predicted octanol–water partition coefficient (Wildman–Crippen LogP) is 2.43. The number of carbonyl (C=O) groups is 3. The number of nitrogens with one attached hydrogen (secondary N) is 1. The van der Waals surface area contributed by atoms with E-state index in [1.807, 2.05) is 24.3 Å². The number of nitrogens with zero attached hydrogens (tertiary/aromatic N) is 3. The van der Waals surface area contributed by atoms with Crippen molar-refractivity contribution >= 4 is 35.3 Å². The fourth-order valence-electron chi connectivity index (χ4n) is 4.59. The number of nitrogens with two attached hydrogens (primary N) is 1. The number of pyridine rings is 1. The Hall–Kier alpha value is -3.13. The molecule has 3 atom stereocenters. The molecule has 1 unspecified atom stereocenters. The first-order chi connectivity index (χ1) is 15.4. The fraction of sp³-hybridized carbons (Fsp3) is 0.391. The van der Waals surface area contributed by atoms with Crippen molar-refractivity contribution in [2.75, 3.05) is 25.9 Å². The van der Waals surface area contributed by atoms with Crippen LogP contribution in [0.1, 0.15) is 29.9 Å². The molecule has 8 nitrogen and oxygen atoms in total. The number of likely N-dealkylation sites (tertiary alicyclic amines) is 2. The van der Waals surface area contributed by atoms with Crippen molar-refractivity contribution < 1.29 is 14.4 Å². The molecule has 1 aromatic carbocycles. The Morgan fingerprint density at radius 1 is 1.25 bits per heavy atom. The van der Waals surface area contributed by atoms with E-state index in [9.17, 15) is 14.4 Å². The van der Waals surface area contributed by atoms with Crippen molar-refractivity contribution in [3.63, 3.8) is 0 Å². The Labute approximate surface area is 191 Å². The van der Waals surface area contributed by atoms with Crippen LogP contribution in [0, 0.1) is 5.92 Å². The van der Waals surface area contributed by atoms with Crippen LogP contribution in [0.25, 0.3) is 0 Å². The average molecular weight is 456 g/mol. The molecule has 2 aliphatic heterocycles. The van der Waals surface area contributed by atoms with Gasteiger partial charge in [-0.2, -0.15) is 0 Å². The van der Waals surface area contributed by atoms with Gasteiger partial charge in [-0.05, 0) is 54.7 Å². The molecule has 0 radical (unpaired) electrons. The van der Waals surface area contributed by atoms with Crippen molar-refractivity contribution in [1.82, 2.24) is 20.1 Å². The highest BCUT2D eigenvalue weighted by Gasteiger charge is 2.55. The number of piperidine rings is 1. The van der Waals surface area contributed by atoms with Gasteiger partial charge in [0.2, 0.25) is 11.8 Å². The normalized spacial score (nSPS) is 22.9. The van der Waals surface area contributed by atoms with Gasteiger partial charge in [-0.15, -0.1) is 0 Å². The first-order valence-electron chi connectivity index (χ1n) is 10.7. The molecule has 168 valence electrons. The second kappa shape index (κ2) is 9.16. The molecule has 4 amide bonds. The van der Waals surface area contributed by atoms with Crippen LogP contribution in [-0.2, 0) is 16.0 Å². The van der Waals surface area contributed by atoms with E-state index in [2.05, 4.69) is 10.3 Å². The molecule has 2 fully saturated rings. The molecule has 2 aliphatic rings. The number of β-lactam (4-membered cyclic amide) rings is 1. The molecule has 32 heavy (non-hydrogen) atoms. The number of urea groups is 1. The average Bonchev–Trinajstić information content (AvgIpc) is 2.80. The molecule has 3 heterocycles. The number of hydrogen-bond donors (Lipinski definition) is 2. The number of aromatic nitrogens is 1. The van der Waals surface area contributed by atoms with Crippen LogP contribution in [0.15, 0.2) is 42.6 Å². The Morgan fingerprint density at radius 3 is 2.69 bits per heavy atom. The zero-order chi connectivity index (χ0) is 22.8. The lowest BCUT2D eigenvalue weighted by Crippen LogP contribution is -2.70. The third kappa shape index (κ3) is 4.27. The van der Waals surface area contributed by atoms with E-state index < -0.39 is 18.0 Å². The van der Waals surface area contributed by atoms with Gasteiger partial charge in [-0.25, -0.2) is 9.78 Å². The molecule has 0 spiro atoms. The molecular formula is C23H26ClN5O3. The lowest BCUT2D eigenvalue weighted by molar-refractivity contribution is -0.158. The monoisotopic (exact) mass is 455 g/mol. The van der Waals surface area contributed by atoms with Gasteiger partial charge >= 0.3 is 6.03 Å². The SMILES string of the molecule is CNC(=O)[C@@H]1[C@@H](Cc2ccnc(N)c2)C(=O)N1C(=O)N1CCCC(c2ccc(Cl)cc2)C1. The van der Waals surface area contributed by atoms with Crippen molar-refractivity contribution in [3.8, 4) is 0 Å². The van der Waals surface area contributed by atoms with E-state index in [1.54, 1.807) is 23.2 Å². The van der Waals surface area contributed by atoms with Crippen LogP contribution in [0.2, 0.25) is 5.02 Å².